The number of benzene rings is 2. The average Bonchev–Trinajstić information content (AvgIpc) is 2.80. The number of hydrogen-bond acceptors (Lipinski definition) is 5. The summed E-state index contributed by atoms with van der Waals surface area (Å²) in [4.78, 5) is 2.17. The van der Waals surface area contributed by atoms with Crippen molar-refractivity contribution in [2.45, 2.75) is 12.5 Å². The number of rotatable bonds is 3. The number of halogens is 1. The van der Waals surface area contributed by atoms with Gasteiger partial charge in [-0.05, 0) is 22.8 Å². The molecule has 2 aromatic rings. The zero-order valence-electron chi connectivity index (χ0n) is 16.8. The van der Waals surface area contributed by atoms with Crippen LogP contribution in [0.3, 0.4) is 0 Å². The Kier molecular flexibility index (Phi) is 5.30. The Hall–Kier alpha value is -3.92. The van der Waals surface area contributed by atoms with Crippen LogP contribution in [0.2, 0.25) is 0 Å². The van der Waals surface area contributed by atoms with Crippen molar-refractivity contribution in [3.63, 3.8) is 0 Å². The standard InChI is InChI=1S/C25H20FN5/c26-22-9-5-4-8-19(22)23-21-14-31(13-17-6-2-1-3-7-17)11-10-18(21)20(12-27)24(30)25(23,15-28)16-29/h1-10,21,23H,11,13-14,30H2. The van der Waals surface area contributed by atoms with Crippen LogP contribution in [0, 0.1) is 51.1 Å². The van der Waals surface area contributed by atoms with E-state index in [9.17, 15) is 20.2 Å². The summed E-state index contributed by atoms with van der Waals surface area (Å²) in [5, 5.41) is 30.0. The van der Waals surface area contributed by atoms with Crippen molar-refractivity contribution in [3.8, 4) is 18.2 Å². The molecule has 152 valence electrons. The van der Waals surface area contributed by atoms with E-state index < -0.39 is 23.1 Å². The molecule has 1 aliphatic carbocycles. The number of nitrogens with zero attached hydrogens (tertiary/aromatic N) is 4. The van der Waals surface area contributed by atoms with Gasteiger partial charge in [0.05, 0.1) is 23.4 Å². The molecule has 5 nitrogen and oxygen atoms in total. The van der Waals surface area contributed by atoms with Gasteiger partial charge in [0.1, 0.15) is 11.9 Å². The van der Waals surface area contributed by atoms with Gasteiger partial charge in [0.2, 0.25) is 0 Å². The minimum atomic E-state index is -1.83. The molecule has 2 atom stereocenters. The summed E-state index contributed by atoms with van der Waals surface area (Å²) >= 11 is 0. The Balaban J connectivity index is 1.87. The summed E-state index contributed by atoms with van der Waals surface area (Å²) in [7, 11) is 0. The quantitative estimate of drug-likeness (QED) is 0.832. The van der Waals surface area contributed by atoms with Gasteiger partial charge in [-0.25, -0.2) is 4.39 Å². The molecule has 1 heterocycles. The number of fused-ring (bicyclic) bond motifs is 1. The SMILES string of the molecule is N#CC1=C(N)C(C#N)(C#N)C(c2ccccc2F)C2CN(Cc3ccccc3)CC=C12. The molecule has 4 rings (SSSR count). The summed E-state index contributed by atoms with van der Waals surface area (Å²) in [5.74, 6) is -1.74. The Morgan fingerprint density at radius 1 is 1.03 bits per heavy atom. The highest BCUT2D eigenvalue weighted by molar-refractivity contribution is 5.59. The smallest absolute Gasteiger partial charge is 0.191 e. The first-order valence-electron chi connectivity index (χ1n) is 9.99. The third-order valence-electron chi connectivity index (χ3n) is 6.23. The molecule has 2 unspecified atom stereocenters. The second-order valence-corrected chi connectivity index (χ2v) is 7.88. The molecule has 1 aliphatic heterocycles. The number of hydrogen-bond donors (Lipinski definition) is 1. The zero-order chi connectivity index (χ0) is 22.0. The fraction of sp³-hybridized carbons (Fsp3) is 0.240. The predicted molar refractivity (Wildman–Crippen MR) is 113 cm³/mol. The van der Waals surface area contributed by atoms with Crippen molar-refractivity contribution >= 4 is 0 Å². The largest absolute Gasteiger partial charge is 0.399 e. The van der Waals surface area contributed by atoms with E-state index in [1.807, 2.05) is 48.5 Å². The van der Waals surface area contributed by atoms with Crippen molar-refractivity contribution < 1.29 is 4.39 Å². The lowest BCUT2D eigenvalue weighted by molar-refractivity contribution is 0.199. The molecule has 0 radical (unpaired) electrons. The highest BCUT2D eigenvalue weighted by Crippen LogP contribution is 2.54. The van der Waals surface area contributed by atoms with E-state index in [1.165, 1.54) is 6.07 Å². The molecule has 0 bridgehead atoms. The normalized spacial score (nSPS) is 22.5. The van der Waals surface area contributed by atoms with E-state index >= 15 is 0 Å². The van der Waals surface area contributed by atoms with Gasteiger partial charge in [-0.2, -0.15) is 15.8 Å². The molecule has 0 fully saturated rings. The monoisotopic (exact) mass is 409 g/mol. The third-order valence-corrected chi connectivity index (χ3v) is 6.23. The van der Waals surface area contributed by atoms with E-state index in [2.05, 4.69) is 11.0 Å². The van der Waals surface area contributed by atoms with Gasteiger partial charge >= 0.3 is 0 Å². The Morgan fingerprint density at radius 3 is 2.35 bits per heavy atom. The van der Waals surface area contributed by atoms with Crippen LogP contribution in [0.15, 0.2) is 77.5 Å². The van der Waals surface area contributed by atoms with Crippen LogP contribution in [0.1, 0.15) is 17.0 Å². The lowest BCUT2D eigenvalue weighted by atomic mass is 9.58. The van der Waals surface area contributed by atoms with E-state index in [-0.39, 0.29) is 16.8 Å². The molecule has 0 saturated carbocycles. The van der Waals surface area contributed by atoms with Crippen LogP contribution in [0.4, 0.5) is 4.39 Å². The van der Waals surface area contributed by atoms with Crippen LogP contribution in [-0.4, -0.2) is 18.0 Å². The van der Waals surface area contributed by atoms with Crippen molar-refractivity contribution in [1.82, 2.24) is 4.90 Å². The van der Waals surface area contributed by atoms with E-state index in [0.29, 0.717) is 25.2 Å². The summed E-state index contributed by atoms with van der Waals surface area (Å²) in [6.45, 7) is 1.73. The van der Waals surface area contributed by atoms with Gasteiger partial charge in [-0.1, -0.05) is 54.6 Å². The Labute approximate surface area is 180 Å². The maximum atomic E-state index is 14.9. The fourth-order valence-electron chi connectivity index (χ4n) is 4.78. The van der Waals surface area contributed by atoms with Crippen LogP contribution < -0.4 is 5.73 Å². The van der Waals surface area contributed by atoms with Crippen molar-refractivity contribution in [1.29, 1.82) is 15.8 Å². The average molecular weight is 409 g/mol. The second-order valence-electron chi connectivity index (χ2n) is 7.88. The van der Waals surface area contributed by atoms with E-state index in [4.69, 9.17) is 5.73 Å². The number of nitrogens with two attached hydrogens (primary N) is 1. The maximum absolute atomic E-state index is 14.9. The van der Waals surface area contributed by atoms with Crippen LogP contribution in [0.5, 0.6) is 0 Å². The highest BCUT2D eigenvalue weighted by Gasteiger charge is 2.55. The minimum Gasteiger partial charge on any atom is -0.399 e. The fourth-order valence-corrected chi connectivity index (χ4v) is 4.78. The van der Waals surface area contributed by atoms with E-state index in [0.717, 1.165) is 5.56 Å². The molecule has 2 aromatic carbocycles. The summed E-state index contributed by atoms with van der Waals surface area (Å²) in [6.07, 6.45) is 1.93. The third kappa shape index (κ3) is 3.26. The van der Waals surface area contributed by atoms with Gasteiger partial charge in [-0.3, -0.25) is 4.90 Å². The molecule has 0 amide bonds. The molecular weight excluding hydrogens is 389 g/mol. The van der Waals surface area contributed by atoms with Crippen molar-refractivity contribution in [2.75, 3.05) is 13.1 Å². The number of allylic oxidation sites excluding steroid dienone is 2. The first-order valence-corrected chi connectivity index (χ1v) is 9.99. The molecule has 0 spiro atoms. The molecular formula is C25H20FN5. The second kappa shape index (κ2) is 8.07. The summed E-state index contributed by atoms with van der Waals surface area (Å²) < 4.78 is 14.9. The van der Waals surface area contributed by atoms with Gasteiger partial charge in [-0.15, -0.1) is 0 Å². The molecule has 2 N–H and O–H groups in total. The van der Waals surface area contributed by atoms with Crippen molar-refractivity contribution in [2.24, 2.45) is 17.1 Å². The molecule has 0 saturated heterocycles. The van der Waals surface area contributed by atoms with Gasteiger partial charge in [0.15, 0.2) is 5.41 Å². The lowest BCUT2D eigenvalue weighted by Gasteiger charge is -2.45. The van der Waals surface area contributed by atoms with Crippen LogP contribution >= 0.6 is 0 Å². The van der Waals surface area contributed by atoms with Gasteiger partial charge < -0.3 is 5.73 Å². The topological polar surface area (TPSA) is 101 Å². The Morgan fingerprint density at radius 2 is 1.71 bits per heavy atom. The van der Waals surface area contributed by atoms with Gasteiger partial charge in [0.25, 0.3) is 0 Å². The molecule has 0 aromatic heterocycles. The zero-order valence-corrected chi connectivity index (χ0v) is 16.8. The highest BCUT2D eigenvalue weighted by atomic mass is 19.1. The van der Waals surface area contributed by atoms with Gasteiger partial charge in [0, 0.05) is 31.5 Å². The first-order chi connectivity index (χ1) is 15.1. The summed E-state index contributed by atoms with van der Waals surface area (Å²) in [6, 6.07) is 22.3. The number of nitriles is 3. The van der Waals surface area contributed by atoms with E-state index in [1.54, 1.807) is 18.2 Å². The molecule has 31 heavy (non-hydrogen) atoms. The minimum absolute atomic E-state index is 0.0905. The Bertz CT molecular complexity index is 1180. The van der Waals surface area contributed by atoms with Crippen LogP contribution in [0.25, 0.3) is 0 Å². The lowest BCUT2D eigenvalue weighted by Crippen LogP contribution is -2.48. The summed E-state index contributed by atoms with van der Waals surface area (Å²) in [5.41, 5.74) is 6.60. The molecule has 6 heteroatoms. The molecule has 2 aliphatic rings. The van der Waals surface area contributed by atoms with Crippen molar-refractivity contribution in [3.05, 3.63) is 94.5 Å². The maximum Gasteiger partial charge on any atom is 0.191 e. The first kappa shape index (κ1) is 20.4. The predicted octanol–water partition coefficient (Wildman–Crippen LogP) is 3.75. The van der Waals surface area contributed by atoms with Crippen LogP contribution in [-0.2, 0) is 6.54 Å².